The summed E-state index contributed by atoms with van der Waals surface area (Å²) in [6.45, 7) is 6.79. The molecular formula is C20H27N5O3. The third-order valence-electron chi connectivity index (χ3n) is 5.87. The second-order valence-corrected chi connectivity index (χ2v) is 7.56. The van der Waals surface area contributed by atoms with Crippen molar-refractivity contribution < 1.29 is 14.3 Å². The topological polar surface area (TPSA) is 82.4 Å². The van der Waals surface area contributed by atoms with Crippen molar-refractivity contribution in [2.75, 3.05) is 19.7 Å². The predicted octanol–water partition coefficient (Wildman–Crippen LogP) is 2.23. The summed E-state index contributed by atoms with van der Waals surface area (Å²) < 4.78 is 14.1. The number of hydrogen-bond donors (Lipinski definition) is 0. The number of nitrogens with zero attached hydrogens (tertiary/aromatic N) is 5. The van der Waals surface area contributed by atoms with Gasteiger partial charge in [0.25, 0.3) is 5.91 Å². The lowest BCUT2D eigenvalue weighted by Gasteiger charge is -2.45. The largest absolute Gasteiger partial charge is 0.473 e. The Morgan fingerprint density at radius 1 is 1.32 bits per heavy atom. The Morgan fingerprint density at radius 2 is 2.14 bits per heavy atom. The van der Waals surface area contributed by atoms with Crippen molar-refractivity contribution in [3.05, 3.63) is 36.0 Å². The van der Waals surface area contributed by atoms with Crippen LogP contribution in [-0.2, 0) is 11.3 Å². The molecule has 0 radical (unpaired) electrons. The van der Waals surface area contributed by atoms with Crippen molar-refractivity contribution in [3.8, 4) is 5.88 Å². The zero-order valence-corrected chi connectivity index (χ0v) is 16.5. The monoisotopic (exact) mass is 385 g/mol. The highest BCUT2D eigenvalue weighted by molar-refractivity contribution is 5.95. The third-order valence-corrected chi connectivity index (χ3v) is 5.87. The standard InChI is InChI=1S/C20H27N5O3/c1-3-25-15(2)17(13-23-25)19(26)24-9-5-20(6-10-24)12-16(4-11-27-20)28-18-14-21-7-8-22-18/h7-8,13-14,16H,3-6,9-12H2,1-2H3. The van der Waals surface area contributed by atoms with Crippen LogP contribution in [0.4, 0.5) is 0 Å². The Balaban J connectivity index is 1.37. The summed E-state index contributed by atoms with van der Waals surface area (Å²) in [5.41, 5.74) is 1.41. The molecule has 1 unspecified atom stereocenters. The molecule has 0 saturated carbocycles. The molecule has 0 bridgehead atoms. The number of carbonyl (C=O) groups is 1. The summed E-state index contributed by atoms with van der Waals surface area (Å²) in [5, 5.41) is 4.30. The Bertz CT molecular complexity index is 815. The quantitative estimate of drug-likeness (QED) is 0.803. The van der Waals surface area contributed by atoms with Gasteiger partial charge in [-0.3, -0.25) is 14.5 Å². The number of hydrogen-bond acceptors (Lipinski definition) is 6. The Kier molecular flexibility index (Phi) is 5.30. The molecule has 1 atom stereocenters. The molecule has 2 aromatic rings. The molecule has 0 aliphatic carbocycles. The van der Waals surface area contributed by atoms with E-state index in [9.17, 15) is 4.79 Å². The lowest BCUT2D eigenvalue weighted by Crippen LogP contribution is -2.52. The van der Waals surface area contributed by atoms with Crippen molar-refractivity contribution in [3.63, 3.8) is 0 Å². The molecule has 0 aromatic carbocycles. The maximum Gasteiger partial charge on any atom is 0.257 e. The van der Waals surface area contributed by atoms with Crippen LogP contribution in [0.1, 0.15) is 48.7 Å². The first-order chi connectivity index (χ1) is 13.6. The van der Waals surface area contributed by atoms with Gasteiger partial charge in [-0.05, 0) is 26.7 Å². The van der Waals surface area contributed by atoms with Gasteiger partial charge in [0.2, 0.25) is 5.88 Å². The normalized spacial score (nSPS) is 21.6. The smallest absolute Gasteiger partial charge is 0.257 e. The van der Waals surface area contributed by atoms with Crippen LogP contribution >= 0.6 is 0 Å². The van der Waals surface area contributed by atoms with E-state index in [1.165, 1.54) is 0 Å². The second-order valence-electron chi connectivity index (χ2n) is 7.56. The molecule has 2 fully saturated rings. The SMILES string of the molecule is CCn1ncc(C(=O)N2CCC3(CC2)CC(Oc2cnccn2)CCO3)c1C. The van der Waals surface area contributed by atoms with Crippen molar-refractivity contribution in [2.45, 2.75) is 57.8 Å². The van der Waals surface area contributed by atoms with Gasteiger partial charge in [-0.1, -0.05) is 0 Å². The Hall–Kier alpha value is -2.48. The molecule has 28 heavy (non-hydrogen) atoms. The number of aryl methyl sites for hydroxylation is 1. The summed E-state index contributed by atoms with van der Waals surface area (Å²) in [6.07, 6.45) is 9.97. The van der Waals surface area contributed by atoms with Gasteiger partial charge in [-0.2, -0.15) is 5.10 Å². The maximum atomic E-state index is 12.9. The average Bonchev–Trinajstić information content (AvgIpc) is 3.09. The molecule has 2 saturated heterocycles. The number of piperidine rings is 1. The number of aromatic nitrogens is 4. The number of ether oxygens (including phenoxy) is 2. The van der Waals surface area contributed by atoms with E-state index in [1.807, 2.05) is 23.4 Å². The van der Waals surface area contributed by atoms with Gasteiger partial charge in [0.05, 0.1) is 30.2 Å². The van der Waals surface area contributed by atoms with Crippen LogP contribution < -0.4 is 4.74 Å². The van der Waals surface area contributed by atoms with Crippen LogP contribution in [0.3, 0.4) is 0 Å². The highest BCUT2D eigenvalue weighted by Crippen LogP contribution is 2.36. The van der Waals surface area contributed by atoms with E-state index in [0.29, 0.717) is 31.1 Å². The fourth-order valence-corrected chi connectivity index (χ4v) is 4.21. The van der Waals surface area contributed by atoms with Crippen LogP contribution in [-0.4, -0.2) is 62.0 Å². The summed E-state index contributed by atoms with van der Waals surface area (Å²) in [5.74, 6) is 0.621. The number of likely N-dealkylation sites (tertiary alicyclic amines) is 1. The van der Waals surface area contributed by atoms with E-state index < -0.39 is 0 Å². The van der Waals surface area contributed by atoms with Crippen LogP contribution in [0.15, 0.2) is 24.8 Å². The van der Waals surface area contributed by atoms with Crippen molar-refractivity contribution in [2.24, 2.45) is 0 Å². The zero-order valence-electron chi connectivity index (χ0n) is 16.5. The average molecular weight is 385 g/mol. The van der Waals surface area contributed by atoms with Gasteiger partial charge < -0.3 is 14.4 Å². The van der Waals surface area contributed by atoms with Crippen molar-refractivity contribution >= 4 is 5.91 Å². The molecule has 4 rings (SSSR count). The van der Waals surface area contributed by atoms with Gasteiger partial charge in [0.1, 0.15) is 6.10 Å². The maximum absolute atomic E-state index is 12.9. The zero-order chi connectivity index (χ0) is 19.6. The molecule has 1 amide bonds. The van der Waals surface area contributed by atoms with E-state index in [-0.39, 0.29) is 17.6 Å². The summed E-state index contributed by atoms with van der Waals surface area (Å²) in [7, 11) is 0. The van der Waals surface area contributed by atoms with Crippen LogP contribution in [0.2, 0.25) is 0 Å². The van der Waals surface area contributed by atoms with Crippen molar-refractivity contribution in [1.29, 1.82) is 0 Å². The van der Waals surface area contributed by atoms with E-state index in [4.69, 9.17) is 9.47 Å². The first kappa shape index (κ1) is 18.9. The summed E-state index contributed by atoms with van der Waals surface area (Å²) >= 11 is 0. The highest BCUT2D eigenvalue weighted by atomic mass is 16.5. The van der Waals surface area contributed by atoms with Gasteiger partial charge in [0, 0.05) is 50.6 Å². The molecule has 8 nitrogen and oxygen atoms in total. The van der Waals surface area contributed by atoms with E-state index in [0.717, 1.165) is 37.9 Å². The fourth-order valence-electron chi connectivity index (χ4n) is 4.21. The predicted molar refractivity (Wildman–Crippen MR) is 102 cm³/mol. The minimum absolute atomic E-state index is 0.0650. The van der Waals surface area contributed by atoms with E-state index in [2.05, 4.69) is 15.1 Å². The third kappa shape index (κ3) is 3.73. The summed E-state index contributed by atoms with van der Waals surface area (Å²) in [6, 6.07) is 0. The van der Waals surface area contributed by atoms with Gasteiger partial charge in [0.15, 0.2) is 0 Å². The molecule has 2 aromatic heterocycles. The lowest BCUT2D eigenvalue weighted by molar-refractivity contribution is -0.135. The van der Waals surface area contributed by atoms with E-state index >= 15 is 0 Å². The van der Waals surface area contributed by atoms with Crippen LogP contribution in [0, 0.1) is 6.92 Å². The first-order valence-electron chi connectivity index (χ1n) is 9.98. The lowest BCUT2D eigenvalue weighted by atomic mass is 9.83. The fraction of sp³-hybridized carbons (Fsp3) is 0.600. The Morgan fingerprint density at radius 3 is 2.82 bits per heavy atom. The highest BCUT2D eigenvalue weighted by Gasteiger charge is 2.42. The molecule has 0 N–H and O–H groups in total. The second kappa shape index (κ2) is 7.87. The molecule has 4 heterocycles. The molecule has 2 aliphatic rings. The van der Waals surface area contributed by atoms with Crippen LogP contribution in [0.5, 0.6) is 5.88 Å². The minimum Gasteiger partial charge on any atom is -0.473 e. The molecule has 2 aliphatic heterocycles. The van der Waals surface area contributed by atoms with Gasteiger partial charge >= 0.3 is 0 Å². The molecule has 8 heteroatoms. The van der Waals surface area contributed by atoms with Crippen LogP contribution in [0.25, 0.3) is 0 Å². The number of carbonyl (C=O) groups excluding carboxylic acids is 1. The molecule has 150 valence electrons. The molecule has 1 spiro atoms. The summed E-state index contributed by atoms with van der Waals surface area (Å²) in [4.78, 5) is 23.1. The van der Waals surface area contributed by atoms with Crippen molar-refractivity contribution in [1.82, 2.24) is 24.6 Å². The first-order valence-corrected chi connectivity index (χ1v) is 9.98. The van der Waals surface area contributed by atoms with Gasteiger partial charge in [-0.15, -0.1) is 0 Å². The number of amides is 1. The van der Waals surface area contributed by atoms with E-state index in [1.54, 1.807) is 24.8 Å². The molecular weight excluding hydrogens is 358 g/mol. The number of rotatable bonds is 4. The Labute approximate surface area is 164 Å². The minimum atomic E-state index is -0.218. The van der Waals surface area contributed by atoms with Gasteiger partial charge in [-0.25, -0.2) is 4.98 Å².